The molecule has 0 atom stereocenters. The number of halogens is 2. The summed E-state index contributed by atoms with van der Waals surface area (Å²) in [4.78, 5) is 0. The number of alkyl halides is 1. The largest absolute Gasteiger partial charge is 0.496 e. The number of ether oxygens (including phenoxy) is 1. The number of piperidine rings is 1. The first-order valence-electron chi connectivity index (χ1n) is 5.85. The van der Waals surface area contributed by atoms with Gasteiger partial charge in [-0.15, -0.1) is 0 Å². The molecule has 1 aliphatic heterocycles. The Morgan fingerprint density at radius 2 is 2.12 bits per heavy atom. The molecule has 0 spiro atoms. The normalized spacial score (nSPS) is 19.0. The fraction of sp³-hybridized carbons (Fsp3) is 0.538. The zero-order valence-corrected chi connectivity index (χ0v) is 10.7. The van der Waals surface area contributed by atoms with Crippen molar-refractivity contribution in [2.75, 3.05) is 20.2 Å². The maximum absolute atomic E-state index is 14.6. The van der Waals surface area contributed by atoms with Crippen molar-refractivity contribution in [3.63, 3.8) is 0 Å². The van der Waals surface area contributed by atoms with Crippen molar-refractivity contribution in [3.8, 4) is 5.75 Å². The molecule has 0 aliphatic carbocycles. The van der Waals surface area contributed by atoms with Crippen molar-refractivity contribution in [3.05, 3.63) is 28.8 Å². The fourth-order valence-corrected chi connectivity index (χ4v) is 2.47. The van der Waals surface area contributed by atoms with Crippen molar-refractivity contribution >= 4 is 11.6 Å². The monoisotopic (exact) mass is 257 g/mol. The molecule has 1 saturated heterocycles. The average molecular weight is 258 g/mol. The second-order valence-corrected chi connectivity index (χ2v) is 4.97. The highest BCUT2D eigenvalue weighted by Crippen LogP contribution is 2.32. The molecule has 0 radical (unpaired) electrons. The van der Waals surface area contributed by atoms with E-state index in [9.17, 15) is 4.39 Å². The van der Waals surface area contributed by atoms with E-state index in [2.05, 4.69) is 5.32 Å². The Bertz CT molecular complexity index is 391. The highest BCUT2D eigenvalue weighted by molar-refractivity contribution is 6.30. The molecule has 1 N–H and O–H groups in total. The molecule has 0 saturated carbocycles. The van der Waals surface area contributed by atoms with Gasteiger partial charge in [0.1, 0.15) is 11.4 Å². The third-order valence-electron chi connectivity index (χ3n) is 3.25. The molecule has 1 fully saturated rings. The molecule has 1 aromatic carbocycles. The van der Waals surface area contributed by atoms with Gasteiger partial charge in [-0.25, -0.2) is 4.39 Å². The summed E-state index contributed by atoms with van der Waals surface area (Å²) in [7, 11) is 1.60. The lowest BCUT2D eigenvalue weighted by Crippen LogP contribution is -2.40. The fourth-order valence-electron chi connectivity index (χ4n) is 2.28. The summed E-state index contributed by atoms with van der Waals surface area (Å²) in [5.41, 5.74) is -0.284. The Hall–Kier alpha value is -0.800. The van der Waals surface area contributed by atoms with Crippen LogP contribution in [0.25, 0.3) is 0 Å². The minimum atomic E-state index is -1.14. The van der Waals surface area contributed by atoms with Crippen LogP contribution in [-0.4, -0.2) is 25.9 Å². The van der Waals surface area contributed by atoms with Gasteiger partial charge >= 0.3 is 0 Å². The first-order chi connectivity index (χ1) is 8.13. The van der Waals surface area contributed by atoms with Crippen LogP contribution in [0.5, 0.6) is 5.75 Å². The Morgan fingerprint density at radius 3 is 2.76 bits per heavy atom. The Kier molecular flexibility index (Phi) is 3.89. The lowest BCUT2D eigenvalue weighted by Gasteiger charge is -2.30. The van der Waals surface area contributed by atoms with E-state index in [4.69, 9.17) is 16.3 Å². The minimum Gasteiger partial charge on any atom is -0.496 e. The topological polar surface area (TPSA) is 21.3 Å². The molecule has 17 heavy (non-hydrogen) atoms. The molecule has 0 amide bonds. The summed E-state index contributed by atoms with van der Waals surface area (Å²) in [6, 6.07) is 5.35. The van der Waals surface area contributed by atoms with E-state index in [0.29, 0.717) is 30.0 Å². The van der Waals surface area contributed by atoms with Crippen LogP contribution in [0.2, 0.25) is 5.02 Å². The van der Waals surface area contributed by atoms with Gasteiger partial charge in [-0.3, -0.25) is 0 Å². The highest BCUT2D eigenvalue weighted by Gasteiger charge is 2.32. The number of hydrogen-bond acceptors (Lipinski definition) is 2. The van der Waals surface area contributed by atoms with Gasteiger partial charge in [0.25, 0.3) is 0 Å². The van der Waals surface area contributed by atoms with Crippen LogP contribution >= 0.6 is 11.6 Å². The summed E-state index contributed by atoms with van der Waals surface area (Å²) in [5.74, 6) is 0.713. The van der Waals surface area contributed by atoms with E-state index in [1.807, 2.05) is 0 Å². The molecule has 0 aromatic heterocycles. The van der Waals surface area contributed by atoms with Gasteiger partial charge in [-0.05, 0) is 49.7 Å². The van der Waals surface area contributed by atoms with Crippen LogP contribution in [0, 0.1) is 0 Å². The second kappa shape index (κ2) is 5.23. The summed E-state index contributed by atoms with van der Waals surface area (Å²) in [6.45, 7) is 1.47. The predicted molar refractivity (Wildman–Crippen MR) is 67.7 cm³/mol. The number of rotatable bonds is 3. The molecule has 2 nitrogen and oxygen atoms in total. The summed E-state index contributed by atoms with van der Waals surface area (Å²) < 4.78 is 19.8. The van der Waals surface area contributed by atoms with Gasteiger partial charge in [-0.1, -0.05) is 11.6 Å². The van der Waals surface area contributed by atoms with Crippen molar-refractivity contribution in [1.82, 2.24) is 5.32 Å². The van der Waals surface area contributed by atoms with Gasteiger partial charge < -0.3 is 10.1 Å². The minimum absolute atomic E-state index is 0.373. The van der Waals surface area contributed by atoms with Crippen LogP contribution < -0.4 is 10.1 Å². The van der Waals surface area contributed by atoms with Crippen molar-refractivity contribution in [2.24, 2.45) is 0 Å². The first-order valence-corrected chi connectivity index (χ1v) is 6.23. The standard InChI is InChI=1S/C13H17ClFNO/c1-17-12-3-2-11(14)8-10(12)9-13(15)4-6-16-7-5-13/h2-3,8,16H,4-7,9H2,1H3. The molecular formula is C13H17ClFNO. The Morgan fingerprint density at radius 1 is 1.41 bits per heavy atom. The van der Waals surface area contributed by atoms with Gasteiger partial charge in [0.15, 0.2) is 0 Å². The van der Waals surface area contributed by atoms with Gasteiger partial charge in [0.05, 0.1) is 7.11 Å². The van der Waals surface area contributed by atoms with Crippen LogP contribution in [-0.2, 0) is 6.42 Å². The smallest absolute Gasteiger partial charge is 0.122 e. The van der Waals surface area contributed by atoms with E-state index in [-0.39, 0.29) is 0 Å². The number of nitrogens with one attached hydrogen (secondary N) is 1. The van der Waals surface area contributed by atoms with Crippen LogP contribution in [0.4, 0.5) is 4.39 Å². The van der Waals surface area contributed by atoms with Gasteiger partial charge in [0.2, 0.25) is 0 Å². The second-order valence-electron chi connectivity index (χ2n) is 4.53. The van der Waals surface area contributed by atoms with Crippen molar-refractivity contribution in [1.29, 1.82) is 0 Å². The average Bonchev–Trinajstić information content (AvgIpc) is 2.29. The van der Waals surface area contributed by atoms with E-state index in [1.165, 1.54) is 0 Å². The van der Waals surface area contributed by atoms with Crippen molar-refractivity contribution in [2.45, 2.75) is 24.9 Å². The van der Waals surface area contributed by atoms with E-state index < -0.39 is 5.67 Å². The van der Waals surface area contributed by atoms with E-state index >= 15 is 0 Å². The van der Waals surface area contributed by atoms with Crippen LogP contribution in [0.3, 0.4) is 0 Å². The maximum atomic E-state index is 14.6. The molecule has 94 valence electrons. The summed E-state index contributed by atoms with van der Waals surface area (Å²) >= 11 is 5.95. The van der Waals surface area contributed by atoms with Crippen molar-refractivity contribution < 1.29 is 9.13 Å². The molecule has 1 aromatic rings. The molecule has 4 heteroatoms. The lowest BCUT2D eigenvalue weighted by atomic mass is 9.87. The predicted octanol–water partition coefficient (Wildman–Crippen LogP) is 2.98. The number of benzene rings is 1. The van der Waals surface area contributed by atoms with E-state index in [1.54, 1.807) is 25.3 Å². The van der Waals surface area contributed by atoms with E-state index in [0.717, 1.165) is 18.7 Å². The summed E-state index contributed by atoms with van der Waals surface area (Å²) in [5, 5.41) is 3.79. The zero-order chi connectivity index (χ0) is 12.3. The zero-order valence-electron chi connectivity index (χ0n) is 9.93. The summed E-state index contributed by atoms with van der Waals surface area (Å²) in [6.07, 6.45) is 1.46. The number of methoxy groups -OCH3 is 1. The van der Waals surface area contributed by atoms with Gasteiger partial charge in [-0.2, -0.15) is 0 Å². The molecule has 0 bridgehead atoms. The third-order valence-corrected chi connectivity index (χ3v) is 3.48. The molecule has 1 heterocycles. The Labute approximate surface area is 106 Å². The lowest BCUT2D eigenvalue weighted by molar-refractivity contribution is 0.115. The number of hydrogen-bond donors (Lipinski definition) is 1. The molecule has 0 unspecified atom stereocenters. The molecular weight excluding hydrogens is 241 g/mol. The quantitative estimate of drug-likeness (QED) is 0.899. The molecule has 2 rings (SSSR count). The Balaban J connectivity index is 2.19. The SMILES string of the molecule is COc1ccc(Cl)cc1CC1(F)CCNCC1. The molecule has 1 aliphatic rings. The third kappa shape index (κ3) is 3.11. The highest BCUT2D eigenvalue weighted by atomic mass is 35.5. The van der Waals surface area contributed by atoms with Crippen LogP contribution in [0.15, 0.2) is 18.2 Å². The first kappa shape index (κ1) is 12.7. The van der Waals surface area contributed by atoms with Gasteiger partial charge in [0, 0.05) is 11.4 Å². The maximum Gasteiger partial charge on any atom is 0.122 e. The van der Waals surface area contributed by atoms with Crippen LogP contribution in [0.1, 0.15) is 18.4 Å².